The fraction of sp³-hybridized carbons (Fsp3) is 0.312. The number of carbonyl (C=O) groups is 2. The molecule has 22 heavy (non-hydrogen) atoms. The number of imide groups is 1. The van der Waals surface area contributed by atoms with E-state index in [4.69, 9.17) is 0 Å². The number of nitrogens with zero attached hydrogens (tertiary/aromatic N) is 2. The summed E-state index contributed by atoms with van der Waals surface area (Å²) >= 11 is 3.31. The standard InChI is InChI=1S/C16H13BrN2O3/c17-11-3-4-12(20)10(6-11)7-18-19-15(21)13-8-1-2-9(5-8)14(13)16(19)22/h1-4,6-9,13-14,20H,5H2/b18-7+/t8-,9+,13-,14-/m0/s1. The molecule has 112 valence electrons. The van der Waals surface area contributed by atoms with Gasteiger partial charge in [-0.15, -0.1) is 0 Å². The number of hydrogen-bond acceptors (Lipinski definition) is 4. The summed E-state index contributed by atoms with van der Waals surface area (Å²) in [5, 5.41) is 14.8. The highest BCUT2D eigenvalue weighted by Gasteiger charge is 2.59. The van der Waals surface area contributed by atoms with E-state index in [9.17, 15) is 14.7 Å². The number of rotatable bonds is 2. The molecule has 1 saturated heterocycles. The van der Waals surface area contributed by atoms with Gasteiger partial charge >= 0.3 is 0 Å². The Labute approximate surface area is 135 Å². The molecule has 4 atom stereocenters. The van der Waals surface area contributed by atoms with Crippen LogP contribution in [-0.2, 0) is 9.59 Å². The van der Waals surface area contributed by atoms with Crippen molar-refractivity contribution >= 4 is 34.0 Å². The zero-order chi connectivity index (χ0) is 15.4. The molecule has 2 aliphatic carbocycles. The predicted molar refractivity (Wildman–Crippen MR) is 83.0 cm³/mol. The zero-order valence-electron chi connectivity index (χ0n) is 11.5. The number of hydrogen-bond donors (Lipinski definition) is 1. The molecule has 2 bridgehead atoms. The molecule has 0 spiro atoms. The molecule has 2 fully saturated rings. The maximum Gasteiger partial charge on any atom is 0.254 e. The summed E-state index contributed by atoms with van der Waals surface area (Å²) < 4.78 is 0.782. The fourth-order valence-corrected chi connectivity index (χ4v) is 4.13. The predicted octanol–water partition coefficient (Wildman–Crippen LogP) is 2.30. The molecule has 0 radical (unpaired) electrons. The number of allylic oxidation sites excluding steroid dienone is 2. The Morgan fingerprint density at radius 2 is 1.82 bits per heavy atom. The smallest absolute Gasteiger partial charge is 0.254 e. The molecule has 5 nitrogen and oxygen atoms in total. The first kappa shape index (κ1) is 13.7. The van der Waals surface area contributed by atoms with Crippen LogP contribution >= 0.6 is 15.9 Å². The average Bonchev–Trinajstić information content (AvgIpc) is 3.16. The lowest BCUT2D eigenvalue weighted by atomic mass is 9.85. The van der Waals surface area contributed by atoms with Gasteiger partial charge in [0, 0.05) is 10.0 Å². The van der Waals surface area contributed by atoms with E-state index in [-0.39, 0.29) is 41.2 Å². The van der Waals surface area contributed by atoms with E-state index >= 15 is 0 Å². The van der Waals surface area contributed by atoms with Crippen LogP contribution < -0.4 is 0 Å². The lowest BCUT2D eigenvalue weighted by molar-refractivity contribution is -0.140. The van der Waals surface area contributed by atoms with E-state index in [2.05, 4.69) is 21.0 Å². The Morgan fingerprint density at radius 1 is 1.18 bits per heavy atom. The van der Waals surface area contributed by atoms with Gasteiger partial charge in [0.05, 0.1) is 18.1 Å². The van der Waals surface area contributed by atoms with Crippen molar-refractivity contribution in [2.45, 2.75) is 6.42 Å². The summed E-state index contributed by atoms with van der Waals surface area (Å²) in [5.41, 5.74) is 0.452. The Kier molecular flexibility index (Phi) is 2.97. The Balaban J connectivity index is 1.62. The second-order valence-corrected chi connectivity index (χ2v) is 6.85. The topological polar surface area (TPSA) is 70.0 Å². The SMILES string of the molecule is O=C1[C@@H]2[C@@H](C(=O)N1/N=C/c1cc(Br)ccc1O)[C@H]1C=C[C@@H]2C1. The van der Waals surface area contributed by atoms with Crippen LogP contribution in [0.25, 0.3) is 0 Å². The van der Waals surface area contributed by atoms with Crippen LogP contribution in [0.2, 0.25) is 0 Å². The van der Waals surface area contributed by atoms with Crippen molar-refractivity contribution < 1.29 is 14.7 Å². The monoisotopic (exact) mass is 360 g/mol. The Morgan fingerprint density at radius 3 is 2.45 bits per heavy atom. The van der Waals surface area contributed by atoms with Gasteiger partial charge in [-0.25, -0.2) is 0 Å². The van der Waals surface area contributed by atoms with Crippen molar-refractivity contribution in [2.75, 3.05) is 0 Å². The highest BCUT2D eigenvalue weighted by atomic mass is 79.9. The van der Waals surface area contributed by atoms with Crippen molar-refractivity contribution in [2.24, 2.45) is 28.8 Å². The lowest BCUT2D eigenvalue weighted by Gasteiger charge is -2.13. The van der Waals surface area contributed by atoms with Crippen molar-refractivity contribution in [3.05, 3.63) is 40.4 Å². The van der Waals surface area contributed by atoms with Gasteiger partial charge in [-0.1, -0.05) is 28.1 Å². The molecule has 2 amide bonds. The first-order valence-corrected chi connectivity index (χ1v) is 7.94. The van der Waals surface area contributed by atoms with Gasteiger partial charge in [-0.2, -0.15) is 10.1 Å². The van der Waals surface area contributed by atoms with Gasteiger partial charge < -0.3 is 5.11 Å². The number of fused-ring (bicyclic) bond motifs is 5. The van der Waals surface area contributed by atoms with Crippen LogP contribution in [0, 0.1) is 23.7 Å². The number of aromatic hydroxyl groups is 1. The van der Waals surface area contributed by atoms with E-state index < -0.39 is 0 Å². The Hall–Kier alpha value is -1.95. The van der Waals surface area contributed by atoms with Crippen molar-refractivity contribution in [1.82, 2.24) is 5.01 Å². The number of carbonyl (C=O) groups excluding carboxylic acids is 2. The first-order valence-electron chi connectivity index (χ1n) is 7.15. The van der Waals surface area contributed by atoms with E-state index in [0.717, 1.165) is 15.9 Å². The van der Waals surface area contributed by atoms with Crippen LogP contribution in [0.15, 0.2) is 39.9 Å². The van der Waals surface area contributed by atoms with E-state index in [0.29, 0.717) is 5.56 Å². The number of phenols is 1. The van der Waals surface area contributed by atoms with Gasteiger partial charge in [0.2, 0.25) is 0 Å². The number of hydrazone groups is 1. The highest BCUT2D eigenvalue weighted by molar-refractivity contribution is 9.10. The minimum atomic E-state index is -0.254. The minimum absolute atomic E-state index is 0.0491. The third-order valence-electron chi connectivity index (χ3n) is 4.75. The quantitative estimate of drug-likeness (QED) is 0.499. The molecule has 3 aliphatic rings. The summed E-state index contributed by atoms with van der Waals surface area (Å²) in [4.78, 5) is 24.9. The van der Waals surface area contributed by atoms with E-state index in [1.54, 1.807) is 12.1 Å². The number of halogens is 1. The highest BCUT2D eigenvalue weighted by Crippen LogP contribution is 2.52. The van der Waals surface area contributed by atoms with Crippen LogP contribution in [0.5, 0.6) is 5.75 Å². The Bertz CT molecular complexity index is 713. The van der Waals surface area contributed by atoms with Gasteiger partial charge in [0.25, 0.3) is 11.8 Å². The second kappa shape index (κ2) is 4.78. The summed E-state index contributed by atoms with van der Waals surface area (Å²) in [6.45, 7) is 0. The minimum Gasteiger partial charge on any atom is -0.507 e. The zero-order valence-corrected chi connectivity index (χ0v) is 13.1. The molecular weight excluding hydrogens is 348 g/mol. The normalized spacial score (nSPS) is 32.5. The van der Waals surface area contributed by atoms with Crippen molar-refractivity contribution in [3.63, 3.8) is 0 Å². The molecule has 1 heterocycles. The fourth-order valence-electron chi connectivity index (χ4n) is 3.75. The third kappa shape index (κ3) is 1.86. The molecule has 0 unspecified atom stereocenters. The number of amides is 2. The molecule has 1 aliphatic heterocycles. The molecule has 6 heteroatoms. The van der Waals surface area contributed by atoms with Gasteiger partial charge in [0.1, 0.15) is 5.75 Å². The van der Waals surface area contributed by atoms with Gasteiger partial charge in [0.15, 0.2) is 0 Å². The maximum absolute atomic E-state index is 12.4. The lowest BCUT2D eigenvalue weighted by Crippen LogP contribution is -2.28. The van der Waals surface area contributed by atoms with E-state index in [1.165, 1.54) is 12.3 Å². The average molecular weight is 361 g/mol. The largest absolute Gasteiger partial charge is 0.507 e. The van der Waals surface area contributed by atoms with Gasteiger partial charge in [-0.05, 0) is 36.5 Å². The number of benzene rings is 1. The van der Waals surface area contributed by atoms with Crippen LogP contribution in [0.3, 0.4) is 0 Å². The van der Waals surface area contributed by atoms with Crippen LogP contribution in [0.4, 0.5) is 0 Å². The van der Waals surface area contributed by atoms with Crippen LogP contribution in [-0.4, -0.2) is 28.1 Å². The molecular formula is C16H13BrN2O3. The maximum atomic E-state index is 12.4. The summed E-state index contributed by atoms with van der Waals surface area (Å²) in [6.07, 6.45) is 6.35. The van der Waals surface area contributed by atoms with Gasteiger partial charge in [-0.3, -0.25) is 9.59 Å². The third-order valence-corrected chi connectivity index (χ3v) is 5.24. The molecule has 4 rings (SSSR count). The van der Waals surface area contributed by atoms with Crippen molar-refractivity contribution in [1.29, 1.82) is 0 Å². The molecule has 0 aromatic heterocycles. The van der Waals surface area contributed by atoms with Crippen molar-refractivity contribution in [3.8, 4) is 5.75 Å². The molecule has 1 N–H and O–H groups in total. The summed E-state index contributed by atoms with van der Waals surface area (Å²) in [7, 11) is 0. The molecule has 1 aromatic rings. The van der Waals surface area contributed by atoms with E-state index in [1.807, 2.05) is 12.2 Å². The number of phenolic OH excluding ortho intramolecular Hbond substituents is 1. The first-order chi connectivity index (χ1) is 10.6. The second-order valence-electron chi connectivity index (χ2n) is 5.94. The molecule has 1 aromatic carbocycles. The summed E-state index contributed by atoms with van der Waals surface area (Å²) in [5.74, 6) is -0.563. The van der Waals surface area contributed by atoms with Crippen LogP contribution in [0.1, 0.15) is 12.0 Å². The molecule has 1 saturated carbocycles. The summed E-state index contributed by atoms with van der Waals surface area (Å²) in [6, 6.07) is 4.90.